The van der Waals surface area contributed by atoms with Gasteiger partial charge in [-0.3, -0.25) is 18.7 Å². The van der Waals surface area contributed by atoms with E-state index in [-0.39, 0.29) is 23.0 Å². The first-order valence-corrected chi connectivity index (χ1v) is 6.73. The quantitative estimate of drug-likeness (QED) is 0.872. The number of aryl methyl sites for hydroxylation is 1. The fraction of sp³-hybridized carbons (Fsp3) is 0.429. The van der Waals surface area contributed by atoms with E-state index in [1.165, 1.54) is 30.9 Å². The van der Waals surface area contributed by atoms with Crippen molar-refractivity contribution in [2.75, 3.05) is 0 Å². The third kappa shape index (κ3) is 2.58. The topological polar surface area (TPSA) is 86.0 Å². The van der Waals surface area contributed by atoms with Gasteiger partial charge in [-0.15, -0.1) is 0 Å². The molecule has 0 aliphatic heterocycles. The van der Waals surface area contributed by atoms with Crippen molar-refractivity contribution in [2.24, 2.45) is 14.1 Å². The number of hydrogen-bond donors (Lipinski definition) is 1. The number of pyridine rings is 1. The molecule has 0 saturated heterocycles. The van der Waals surface area contributed by atoms with Gasteiger partial charge in [-0.1, -0.05) is 6.92 Å². The molecule has 7 heteroatoms. The summed E-state index contributed by atoms with van der Waals surface area (Å²) in [6.45, 7) is 3.87. The molecule has 112 valence electrons. The first-order chi connectivity index (χ1) is 9.86. The summed E-state index contributed by atoms with van der Waals surface area (Å²) in [7, 11) is 2.94. The first-order valence-electron chi connectivity index (χ1n) is 6.73. The van der Waals surface area contributed by atoms with Gasteiger partial charge in [0.25, 0.3) is 11.5 Å². The Morgan fingerprint density at radius 2 is 2.00 bits per heavy atom. The zero-order valence-electron chi connectivity index (χ0n) is 12.5. The Balaban J connectivity index is 2.60. The molecular formula is C14H18N4O3. The summed E-state index contributed by atoms with van der Waals surface area (Å²) >= 11 is 0. The molecule has 1 amide bonds. The summed E-state index contributed by atoms with van der Waals surface area (Å²) in [5.41, 5.74) is -0.336. The van der Waals surface area contributed by atoms with Gasteiger partial charge in [-0.2, -0.15) is 0 Å². The second-order valence-corrected chi connectivity index (χ2v) is 5.08. The van der Waals surface area contributed by atoms with Gasteiger partial charge in [0.1, 0.15) is 5.65 Å². The molecule has 1 N–H and O–H groups in total. The summed E-state index contributed by atoms with van der Waals surface area (Å²) in [5.74, 6) is -0.283. The van der Waals surface area contributed by atoms with E-state index in [1.807, 2.05) is 13.8 Å². The molecule has 1 atom stereocenters. The van der Waals surface area contributed by atoms with Crippen molar-refractivity contribution >= 4 is 16.9 Å². The second kappa shape index (κ2) is 5.51. The SMILES string of the molecule is CC[C@H](C)NC(=O)c1cnc2c(c1)c(=O)n(C)c(=O)n2C. The van der Waals surface area contributed by atoms with E-state index in [1.54, 1.807) is 0 Å². The van der Waals surface area contributed by atoms with E-state index in [9.17, 15) is 14.4 Å². The van der Waals surface area contributed by atoms with Gasteiger partial charge >= 0.3 is 5.69 Å². The van der Waals surface area contributed by atoms with Crippen LogP contribution >= 0.6 is 0 Å². The van der Waals surface area contributed by atoms with Crippen LogP contribution in [0.15, 0.2) is 21.9 Å². The molecule has 0 fully saturated rings. The number of nitrogens with zero attached hydrogens (tertiary/aromatic N) is 3. The van der Waals surface area contributed by atoms with Gasteiger partial charge in [0.05, 0.1) is 10.9 Å². The Labute approximate surface area is 121 Å². The van der Waals surface area contributed by atoms with Crippen LogP contribution in [-0.4, -0.2) is 26.1 Å². The van der Waals surface area contributed by atoms with Crippen molar-refractivity contribution in [2.45, 2.75) is 26.3 Å². The highest BCUT2D eigenvalue weighted by atomic mass is 16.2. The van der Waals surface area contributed by atoms with E-state index in [0.29, 0.717) is 5.56 Å². The van der Waals surface area contributed by atoms with Crippen LogP contribution in [0.3, 0.4) is 0 Å². The van der Waals surface area contributed by atoms with Crippen LogP contribution in [0, 0.1) is 0 Å². The number of hydrogen-bond acceptors (Lipinski definition) is 4. The maximum atomic E-state index is 12.1. The van der Waals surface area contributed by atoms with Crippen molar-refractivity contribution < 1.29 is 4.79 Å². The maximum Gasteiger partial charge on any atom is 0.332 e. The summed E-state index contributed by atoms with van der Waals surface area (Å²) in [5, 5.41) is 3.06. The molecule has 0 bridgehead atoms. The van der Waals surface area contributed by atoms with Gasteiger partial charge in [0, 0.05) is 26.3 Å². The number of fused-ring (bicyclic) bond motifs is 1. The highest BCUT2D eigenvalue weighted by Crippen LogP contribution is 2.07. The molecule has 2 rings (SSSR count). The van der Waals surface area contributed by atoms with Crippen molar-refractivity contribution in [3.63, 3.8) is 0 Å². The molecule has 21 heavy (non-hydrogen) atoms. The Kier molecular flexibility index (Phi) is 3.93. The van der Waals surface area contributed by atoms with E-state index >= 15 is 0 Å². The largest absolute Gasteiger partial charge is 0.350 e. The van der Waals surface area contributed by atoms with Crippen LogP contribution in [-0.2, 0) is 14.1 Å². The standard InChI is InChI=1S/C14H18N4O3/c1-5-8(2)16-12(19)9-6-10-11(15-7-9)17(3)14(21)18(4)13(10)20/h6-8H,5H2,1-4H3,(H,16,19)/t8-/m0/s1. The number of rotatable bonds is 3. The average molecular weight is 290 g/mol. The van der Waals surface area contributed by atoms with Gasteiger partial charge < -0.3 is 5.32 Å². The van der Waals surface area contributed by atoms with Crippen molar-refractivity contribution in [3.8, 4) is 0 Å². The van der Waals surface area contributed by atoms with Crippen LogP contribution in [0.2, 0.25) is 0 Å². The molecule has 2 aromatic heterocycles. The minimum atomic E-state index is -0.459. The lowest BCUT2D eigenvalue weighted by molar-refractivity contribution is 0.0939. The lowest BCUT2D eigenvalue weighted by Gasteiger charge is -2.12. The predicted octanol–water partition coefficient (Wildman–Crippen LogP) is 0.160. The van der Waals surface area contributed by atoms with E-state index in [4.69, 9.17) is 0 Å². The number of aromatic nitrogens is 3. The third-order valence-corrected chi connectivity index (χ3v) is 3.55. The van der Waals surface area contributed by atoms with Gasteiger partial charge in [-0.05, 0) is 19.4 Å². The van der Waals surface area contributed by atoms with Crippen molar-refractivity contribution in [1.29, 1.82) is 0 Å². The van der Waals surface area contributed by atoms with E-state index in [2.05, 4.69) is 10.3 Å². The molecule has 0 radical (unpaired) electrons. The molecule has 2 heterocycles. The van der Waals surface area contributed by atoms with Crippen LogP contribution in [0.5, 0.6) is 0 Å². The molecule has 0 aliphatic carbocycles. The molecule has 0 saturated carbocycles. The molecule has 0 spiro atoms. The number of carbonyl (C=O) groups is 1. The minimum absolute atomic E-state index is 0.0381. The molecule has 0 aromatic carbocycles. The molecule has 7 nitrogen and oxygen atoms in total. The lowest BCUT2D eigenvalue weighted by atomic mass is 10.2. The first kappa shape index (κ1) is 15.0. The summed E-state index contributed by atoms with van der Waals surface area (Å²) < 4.78 is 2.29. The average Bonchev–Trinajstić information content (AvgIpc) is 2.49. The Morgan fingerprint density at radius 3 is 2.62 bits per heavy atom. The monoisotopic (exact) mass is 290 g/mol. The summed E-state index contributed by atoms with van der Waals surface area (Å²) in [6.07, 6.45) is 2.18. The van der Waals surface area contributed by atoms with Crippen LogP contribution in [0.4, 0.5) is 0 Å². The minimum Gasteiger partial charge on any atom is -0.350 e. The Morgan fingerprint density at radius 1 is 1.33 bits per heavy atom. The predicted molar refractivity (Wildman–Crippen MR) is 79.4 cm³/mol. The summed E-state index contributed by atoms with van der Waals surface area (Å²) in [4.78, 5) is 40.1. The van der Waals surface area contributed by atoms with Crippen molar-refractivity contribution in [3.05, 3.63) is 38.7 Å². The summed E-state index contributed by atoms with van der Waals surface area (Å²) in [6, 6.07) is 1.51. The van der Waals surface area contributed by atoms with E-state index in [0.717, 1.165) is 11.0 Å². The molecule has 0 unspecified atom stereocenters. The molecular weight excluding hydrogens is 272 g/mol. The zero-order chi connectivity index (χ0) is 15.7. The highest BCUT2D eigenvalue weighted by Gasteiger charge is 2.14. The fourth-order valence-electron chi connectivity index (χ4n) is 2.00. The highest BCUT2D eigenvalue weighted by molar-refractivity contribution is 5.96. The zero-order valence-corrected chi connectivity index (χ0v) is 12.5. The normalized spacial score (nSPS) is 12.4. The van der Waals surface area contributed by atoms with Crippen molar-refractivity contribution in [1.82, 2.24) is 19.4 Å². The van der Waals surface area contributed by atoms with Gasteiger partial charge in [0.2, 0.25) is 0 Å². The van der Waals surface area contributed by atoms with E-state index < -0.39 is 11.2 Å². The van der Waals surface area contributed by atoms with Gasteiger partial charge in [0.15, 0.2) is 0 Å². The number of nitrogens with one attached hydrogen (secondary N) is 1. The number of amides is 1. The molecule has 0 aliphatic rings. The Hall–Kier alpha value is -2.44. The van der Waals surface area contributed by atoms with Crippen LogP contribution in [0.1, 0.15) is 30.6 Å². The van der Waals surface area contributed by atoms with Gasteiger partial charge in [-0.25, -0.2) is 9.78 Å². The smallest absolute Gasteiger partial charge is 0.332 e. The molecule has 2 aromatic rings. The fourth-order valence-corrected chi connectivity index (χ4v) is 2.00. The van der Waals surface area contributed by atoms with Crippen LogP contribution in [0.25, 0.3) is 11.0 Å². The Bertz CT molecular complexity index is 819. The van der Waals surface area contributed by atoms with Crippen LogP contribution < -0.4 is 16.6 Å². The third-order valence-electron chi connectivity index (χ3n) is 3.55. The lowest BCUT2D eigenvalue weighted by Crippen LogP contribution is -2.37. The maximum absolute atomic E-state index is 12.1. The second-order valence-electron chi connectivity index (χ2n) is 5.08. The number of carbonyl (C=O) groups excluding carboxylic acids is 1.